The van der Waals surface area contributed by atoms with E-state index in [0.29, 0.717) is 25.3 Å². The number of rotatable bonds is 7. The lowest BCUT2D eigenvalue weighted by Crippen LogP contribution is -2.41. The van der Waals surface area contributed by atoms with E-state index in [1.165, 1.54) is 4.31 Å². The van der Waals surface area contributed by atoms with Gasteiger partial charge in [-0.1, -0.05) is 42.8 Å². The first-order valence-electron chi connectivity index (χ1n) is 10.3. The van der Waals surface area contributed by atoms with Crippen molar-refractivity contribution in [2.75, 3.05) is 25.0 Å². The summed E-state index contributed by atoms with van der Waals surface area (Å²) in [4.78, 5) is 24.2. The maximum atomic E-state index is 12.9. The van der Waals surface area contributed by atoms with E-state index in [2.05, 4.69) is 16.0 Å². The lowest BCUT2D eigenvalue weighted by molar-refractivity contribution is -0.118. The molecule has 8 nitrogen and oxygen atoms in total. The van der Waals surface area contributed by atoms with Crippen molar-refractivity contribution >= 4 is 27.6 Å². The van der Waals surface area contributed by atoms with Crippen LogP contribution < -0.4 is 16.0 Å². The third kappa shape index (κ3) is 6.28. The van der Waals surface area contributed by atoms with E-state index in [-0.39, 0.29) is 11.4 Å². The summed E-state index contributed by atoms with van der Waals surface area (Å²) < 4.78 is 27.3. The summed E-state index contributed by atoms with van der Waals surface area (Å²) in [5.74, 6) is -0.519. The van der Waals surface area contributed by atoms with Crippen molar-refractivity contribution in [2.45, 2.75) is 37.6 Å². The number of carbonyl (C=O) groups is 2. The highest BCUT2D eigenvalue weighted by Crippen LogP contribution is 2.25. The molecule has 9 heteroatoms. The zero-order chi connectivity index (χ0) is 22.3. The van der Waals surface area contributed by atoms with Crippen molar-refractivity contribution in [3.8, 4) is 0 Å². The van der Waals surface area contributed by atoms with Gasteiger partial charge in [-0.3, -0.25) is 10.1 Å². The van der Waals surface area contributed by atoms with Gasteiger partial charge in [0.2, 0.25) is 15.9 Å². The fraction of sp³-hybridized carbons (Fsp3) is 0.364. The quantitative estimate of drug-likeness (QED) is 0.608. The molecule has 0 radical (unpaired) electrons. The van der Waals surface area contributed by atoms with Crippen LogP contribution in [0.3, 0.4) is 0 Å². The first-order valence-corrected chi connectivity index (χ1v) is 11.8. The van der Waals surface area contributed by atoms with Gasteiger partial charge in [0.1, 0.15) is 0 Å². The highest BCUT2D eigenvalue weighted by atomic mass is 32.2. The van der Waals surface area contributed by atoms with E-state index in [9.17, 15) is 18.0 Å². The van der Waals surface area contributed by atoms with Crippen LogP contribution in [0, 0.1) is 6.92 Å². The molecule has 0 atom stereocenters. The monoisotopic (exact) mass is 444 g/mol. The summed E-state index contributed by atoms with van der Waals surface area (Å²) in [6, 6.07) is 13.6. The second-order valence-electron chi connectivity index (χ2n) is 7.51. The van der Waals surface area contributed by atoms with Crippen molar-refractivity contribution < 1.29 is 18.0 Å². The Hall–Kier alpha value is -2.91. The van der Waals surface area contributed by atoms with Crippen molar-refractivity contribution in [3.63, 3.8) is 0 Å². The number of urea groups is 1. The van der Waals surface area contributed by atoms with Crippen LogP contribution in [0.4, 0.5) is 10.5 Å². The average molecular weight is 445 g/mol. The maximum absolute atomic E-state index is 12.9. The summed E-state index contributed by atoms with van der Waals surface area (Å²) in [6.45, 7) is 3.03. The minimum Gasteiger partial charge on any atom is -0.376 e. The molecule has 0 unspecified atom stereocenters. The van der Waals surface area contributed by atoms with E-state index in [0.717, 1.165) is 30.4 Å². The topological polar surface area (TPSA) is 108 Å². The van der Waals surface area contributed by atoms with Crippen LogP contribution in [0.15, 0.2) is 53.4 Å². The van der Waals surface area contributed by atoms with Crippen LogP contribution in [0.5, 0.6) is 0 Å². The zero-order valence-corrected chi connectivity index (χ0v) is 18.4. The molecule has 0 bridgehead atoms. The predicted octanol–water partition coefficient (Wildman–Crippen LogP) is 2.61. The van der Waals surface area contributed by atoms with Gasteiger partial charge in [-0.2, -0.15) is 4.31 Å². The molecule has 0 aliphatic carbocycles. The van der Waals surface area contributed by atoms with Gasteiger partial charge in [-0.05, 0) is 43.0 Å². The Morgan fingerprint density at radius 3 is 2.42 bits per heavy atom. The van der Waals surface area contributed by atoms with Crippen LogP contribution in [0.25, 0.3) is 0 Å². The molecular weight excluding hydrogens is 416 g/mol. The molecule has 31 heavy (non-hydrogen) atoms. The van der Waals surface area contributed by atoms with Gasteiger partial charge in [0.15, 0.2) is 0 Å². The minimum absolute atomic E-state index is 0.160. The van der Waals surface area contributed by atoms with Gasteiger partial charge < -0.3 is 10.6 Å². The Bertz CT molecular complexity index is 1020. The summed E-state index contributed by atoms with van der Waals surface area (Å²) in [5.41, 5.74) is 2.27. The molecule has 3 N–H and O–H groups in total. The summed E-state index contributed by atoms with van der Waals surface area (Å²) in [6.07, 6.45) is 2.77. The fourth-order valence-electron chi connectivity index (χ4n) is 3.38. The number of hydrogen-bond acceptors (Lipinski definition) is 5. The third-order valence-corrected chi connectivity index (χ3v) is 7.04. The van der Waals surface area contributed by atoms with Crippen LogP contribution in [0.1, 0.15) is 30.4 Å². The number of nitrogens with one attached hydrogen (secondary N) is 3. The summed E-state index contributed by atoms with van der Waals surface area (Å²) in [5, 5.41) is 7.81. The number of aryl methyl sites for hydroxylation is 1. The molecule has 1 aliphatic heterocycles. The molecule has 166 valence electrons. The van der Waals surface area contributed by atoms with Gasteiger partial charge in [-0.25, -0.2) is 13.2 Å². The standard InChI is InChI=1S/C22H28N4O4S/c1-17-10-11-19(31(29,30)26-12-6-3-7-13-26)14-20(17)23-16-21(27)25-22(28)24-15-18-8-4-2-5-9-18/h2,4-5,8-11,14,23H,3,6-7,12-13,15-16H2,1H3,(H2,24,25,27,28). The first-order chi connectivity index (χ1) is 14.9. The molecule has 0 spiro atoms. The normalized spacial score (nSPS) is 14.6. The zero-order valence-electron chi connectivity index (χ0n) is 17.6. The highest BCUT2D eigenvalue weighted by Gasteiger charge is 2.26. The van der Waals surface area contributed by atoms with E-state index in [4.69, 9.17) is 0 Å². The first kappa shape index (κ1) is 22.8. The molecular formula is C22H28N4O4S. The van der Waals surface area contributed by atoms with Crippen molar-refractivity contribution in [1.82, 2.24) is 14.9 Å². The van der Waals surface area contributed by atoms with Crippen molar-refractivity contribution in [2.24, 2.45) is 0 Å². The van der Waals surface area contributed by atoms with Crippen molar-refractivity contribution in [3.05, 3.63) is 59.7 Å². The molecule has 2 aromatic rings. The highest BCUT2D eigenvalue weighted by molar-refractivity contribution is 7.89. The van der Waals surface area contributed by atoms with E-state index >= 15 is 0 Å². The maximum Gasteiger partial charge on any atom is 0.321 e. The lowest BCUT2D eigenvalue weighted by Gasteiger charge is -2.26. The molecule has 3 amide bonds. The van der Waals surface area contributed by atoms with Gasteiger partial charge in [0.05, 0.1) is 11.4 Å². The number of nitrogens with zero attached hydrogens (tertiary/aromatic N) is 1. The second kappa shape index (κ2) is 10.4. The summed E-state index contributed by atoms with van der Waals surface area (Å²) >= 11 is 0. The van der Waals surface area contributed by atoms with E-state index < -0.39 is 22.0 Å². The number of carbonyl (C=O) groups excluding carboxylic acids is 2. The molecule has 1 aliphatic rings. The average Bonchev–Trinajstić information content (AvgIpc) is 2.78. The smallest absolute Gasteiger partial charge is 0.321 e. The number of imide groups is 1. The minimum atomic E-state index is -3.56. The Kier molecular flexibility index (Phi) is 7.64. The SMILES string of the molecule is Cc1ccc(S(=O)(=O)N2CCCCC2)cc1NCC(=O)NC(=O)NCc1ccccc1. The molecule has 3 rings (SSSR count). The lowest BCUT2D eigenvalue weighted by atomic mass is 10.2. The molecule has 0 aromatic heterocycles. The van der Waals surface area contributed by atoms with Crippen LogP contribution in [0.2, 0.25) is 0 Å². The van der Waals surface area contributed by atoms with Crippen molar-refractivity contribution in [1.29, 1.82) is 0 Å². The molecule has 1 fully saturated rings. The second-order valence-corrected chi connectivity index (χ2v) is 9.45. The predicted molar refractivity (Wildman–Crippen MR) is 119 cm³/mol. The molecule has 1 saturated heterocycles. The number of sulfonamides is 1. The molecule has 2 aromatic carbocycles. The number of piperidine rings is 1. The Labute approximate surface area is 183 Å². The fourth-order valence-corrected chi connectivity index (χ4v) is 4.92. The summed E-state index contributed by atoms with van der Waals surface area (Å²) in [7, 11) is -3.56. The van der Waals surface area contributed by atoms with E-state index in [1.54, 1.807) is 18.2 Å². The molecule has 1 heterocycles. The van der Waals surface area contributed by atoms with Crippen LogP contribution >= 0.6 is 0 Å². The van der Waals surface area contributed by atoms with Gasteiger partial charge in [0.25, 0.3) is 0 Å². The Morgan fingerprint density at radius 2 is 1.71 bits per heavy atom. The van der Waals surface area contributed by atoms with E-state index in [1.807, 2.05) is 37.3 Å². The van der Waals surface area contributed by atoms with Gasteiger partial charge >= 0.3 is 6.03 Å². The Morgan fingerprint density at radius 1 is 1.00 bits per heavy atom. The number of amides is 3. The Balaban J connectivity index is 1.55. The number of benzene rings is 2. The van der Waals surface area contributed by atoms with Crippen LogP contribution in [-0.4, -0.2) is 44.3 Å². The number of hydrogen-bond donors (Lipinski definition) is 3. The third-order valence-electron chi connectivity index (χ3n) is 5.15. The number of anilines is 1. The van der Waals surface area contributed by atoms with Crippen LogP contribution in [-0.2, 0) is 21.4 Å². The van der Waals surface area contributed by atoms with Gasteiger partial charge in [0, 0.05) is 25.3 Å². The largest absolute Gasteiger partial charge is 0.376 e. The molecule has 0 saturated carbocycles. The van der Waals surface area contributed by atoms with Gasteiger partial charge in [-0.15, -0.1) is 0 Å².